The van der Waals surface area contributed by atoms with E-state index in [4.69, 9.17) is 0 Å². The van der Waals surface area contributed by atoms with E-state index in [1.54, 1.807) is 29.1 Å². The highest BCUT2D eigenvalue weighted by Gasteiger charge is 2.34. The summed E-state index contributed by atoms with van der Waals surface area (Å²) in [5.41, 5.74) is 1.57. The fourth-order valence-corrected chi connectivity index (χ4v) is 3.93. The summed E-state index contributed by atoms with van der Waals surface area (Å²) < 4.78 is 15.1. The molecule has 0 radical (unpaired) electrons. The number of aromatic amines is 1. The van der Waals surface area contributed by atoms with Gasteiger partial charge in [-0.3, -0.25) is 14.3 Å². The first-order chi connectivity index (χ1) is 13.9. The van der Waals surface area contributed by atoms with E-state index in [2.05, 4.69) is 15.4 Å². The van der Waals surface area contributed by atoms with Gasteiger partial charge in [-0.05, 0) is 56.5 Å². The van der Waals surface area contributed by atoms with E-state index in [-0.39, 0.29) is 29.6 Å². The Kier molecular flexibility index (Phi) is 5.08. The molecule has 2 unspecified atom stereocenters. The van der Waals surface area contributed by atoms with E-state index in [9.17, 15) is 14.0 Å². The SMILES string of the molecule is CCn1ccc(C(=O)N2CC(CNC(=O)c3cc4cc(F)ccc4[nH]3)CC2C)n1. The van der Waals surface area contributed by atoms with Gasteiger partial charge in [-0.1, -0.05) is 0 Å². The molecule has 2 N–H and O–H groups in total. The molecule has 29 heavy (non-hydrogen) atoms. The van der Waals surface area contributed by atoms with Crippen molar-refractivity contribution in [3.05, 3.63) is 53.7 Å². The fraction of sp³-hybridized carbons (Fsp3) is 0.381. The summed E-state index contributed by atoms with van der Waals surface area (Å²) in [4.78, 5) is 30.1. The van der Waals surface area contributed by atoms with Gasteiger partial charge in [0.25, 0.3) is 11.8 Å². The predicted octanol–water partition coefficient (Wildman–Crippen LogP) is 2.80. The van der Waals surface area contributed by atoms with Gasteiger partial charge in [-0.2, -0.15) is 5.10 Å². The molecule has 1 aliphatic rings. The summed E-state index contributed by atoms with van der Waals surface area (Å²) >= 11 is 0. The van der Waals surface area contributed by atoms with Gasteiger partial charge in [0.2, 0.25) is 0 Å². The number of fused-ring (bicyclic) bond motifs is 1. The Labute approximate surface area is 167 Å². The quantitative estimate of drug-likeness (QED) is 0.695. The van der Waals surface area contributed by atoms with Crippen molar-refractivity contribution in [1.82, 2.24) is 25.0 Å². The van der Waals surface area contributed by atoms with E-state index in [1.807, 2.05) is 18.7 Å². The Morgan fingerprint density at radius 1 is 1.31 bits per heavy atom. The van der Waals surface area contributed by atoms with Gasteiger partial charge in [0.05, 0.1) is 0 Å². The van der Waals surface area contributed by atoms with E-state index in [0.717, 1.165) is 13.0 Å². The highest BCUT2D eigenvalue weighted by Crippen LogP contribution is 2.24. The molecule has 1 aromatic carbocycles. The van der Waals surface area contributed by atoms with Gasteiger partial charge < -0.3 is 15.2 Å². The molecule has 2 amide bonds. The highest BCUT2D eigenvalue weighted by molar-refractivity contribution is 5.98. The van der Waals surface area contributed by atoms with Crippen LogP contribution >= 0.6 is 0 Å². The van der Waals surface area contributed by atoms with Crippen LogP contribution in [0.5, 0.6) is 0 Å². The van der Waals surface area contributed by atoms with Crippen LogP contribution in [0, 0.1) is 11.7 Å². The molecular formula is C21H24FN5O2. The molecule has 0 aliphatic carbocycles. The summed E-state index contributed by atoms with van der Waals surface area (Å²) in [5, 5.41) is 7.89. The third kappa shape index (κ3) is 3.87. The second-order valence-electron chi connectivity index (χ2n) is 7.59. The molecule has 2 aromatic heterocycles. The van der Waals surface area contributed by atoms with Crippen LogP contribution in [0.1, 0.15) is 41.2 Å². The number of amides is 2. The zero-order valence-corrected chi connectivity index (χ0v) is 16.5. The number of benzene rings is 1. The molecule has 1 saturated heterocycles. The molecule has 152 valence electrons. The zero-order chi connectivity index (χ0) is 20.5. The molecule has 0 spiro atoms. The number of hydrogen-bond donors (Lipinski definition) is 2. The Hall–Kier alpha value is -3.16. The number of halogens is 1. The largest absolute Gasteiger partial charge is 0.351 e. The highest BCUT2D eigenvalue weighted by atomic mass is 19.1. The molecule has 4 rings (SSSR count). The number of nitrogens with one attached hydrogen (secondary N) is 2. The maximum absolute atomic E-state index is 13.3. The Morgan fingerprint density at radius 3 is 2.90 bits per heavy atom. The van der Waals surface area contributed by atoms with E-state index in [0.29, 0.717) is 35.4 Å². The lowest BCUT2D eigenvalue weighted by Gasteiger charge is -2.20. The number of nitrogens with zero attached hydrogens (tertiary/aromatic N) is 3. The number of carbonyl (C=O) groups excluding carboxylic acids is 2. The molecule has 2 atom stereocenters. The third-order valence-corrected chi connectivity index (χ3v) is 5.48. The lowest BCUT2D eigenvalue weighted by molar-refractivity contribution is 0.0736. The maximum Gasteiger partial charge on any atom is 0.274 e. The van der Waals surface area contributed by atoms with Crippen molar-refractivity contribution in [1.29, 1.82) is 0 Å². The number of hydrogen-bond acceptors (Lipinski definition) is 3. The molecule has 1 aliphatic heterocycles. The van der Waals surface area contributed by atoms with Gasteiger partial charge in [0.1, 0.15) is 17.2 Å². The third-order valence-electron chi connectivity index (χ3n) is 5.48. The monoisotopic (exact) mass is 397 g/mol. The summed E-state index contributed by atoms with van der Waals surface area (Å²) in [6.07, 6.45) is 2.62. The normalized spacial score (nSPS) is 19.1. The second-order valence-corrected chi connectivity index (χ2v) is 7.59. The fourth-order valence-electron chi connectivity index (χ4n) is 3.93. The molecule has 3 heterocycles. The molecule has 1 fully saturated rings. The van der Waals surface area contributed by atoms with Crippen molar-refractivity contribution in [3.63, 3.8) is 0 Å². The second kappa shape index (κ2) is 7.69. The maximum atomic E-state index is 13.3. The topological polar surface area (TPSA) is 83.0 Å². The first-order valence-corrected chi connectivity index (χ1v) is 9.85. The minimum atomic E-state index is -0.336. The zero-order valence-electron chi connectivity index (χ0n) is 16.5. The minimum Gasteiger partial charge on any atom is -0.351 e. The molecule has 0 bridgehead atoms. The van der Waals surface area contributed by atoms with E-state index in [1.165, 1.54) is 12.1 Å². The first kappa shape index (κ1) is 19.2. The minimum absolute atomic E-state index is 0.0730. The van der Waals surface area contributed by atoms with E-state index < -0.39 is 0 Å². The number of likely N-dealkylation sites (tertiary alicyclic amines) is 1. The van der Waals surface area contributed by atoms with Gasteiger partial charge in [0, 0.05) is 42.8 Å². The Bertz CT molecular complexity index is 1060. The van der Waals surface area contributed by atoms with Crippen molar-refractivity contribution < 1.29 is 14.0 Å². The Balaban J connectivity index is 1.36. The number of rotatable bonds is 5. The lowest BCUT2D eigenvalue weighted by Crippen LogP contribution is -2.35. The van der Waals surface area contributed by atoms with Crippen LogP contribution in [0.25, 0.3) is 10.9 Å². The molecule has 3 aromatic rings. The van der Waals surface area contributed by atoms with Crippen molar-refractivity contribution >= 4 is 22.7 Å². The van der Waals surface area contributed by atoms with Gasteiger partial charge in [0.15, 0.2) is 0 Å². The average Bonchev–Trinajstić information content (AvgIpc) is 3.43. The summed E-state index contributed by atoms with van der Waals surface area (Å²) in [6, 6.07) is 7.84. The van der Waals surface area contributed by atoms with Crippen molar-refractivity contribution in [3.8, 4) is 0 Å². The smallest absolute Gasteiger partial charge is 0.274 e. The number of aromatic nitrogens is 3. The summed E-state index contributed by atoms with van der Waals surface area (Å²) in [5.74, 6) is -0.471. The summed E-state index contributed by atoms with van der Waals surface area (Å²) in [6.45, 7) is 5.76. The van der Waals surface area contributed by atoms with Gasteiger partial charge in [-0.25, -0.2) is 4.39 Å². The van der Waals surface area contributed by atoms with Crippen LogP contribution in [-0.4, -0.2) is 50.6 Å². The molecule has 8 heteroatoms. The van der Waals surface area contributed by atoms with Gasteiger partial charge in [-0.15, -0.1) is 0 Å². The van der Waals surface area contributed by atoms with Crippen LogP contribution in [0.4, 0.5) is 4.39 Å². The standard InChI is InChI=1S/C21H24FN5O2/c1-3-26-7-6-18(25-26)21(29)27-12-14(8-13(27)2)11-23-20(28)19-10-15-9-16(22)4-5-17(15)24-19/h4-7,9-10,13-14,24H,3,8,11-12H2,1-2H3,(H,23,28). The summed E-state index contributed by atoms with van der Waals surface area (Å²) in [7, 11) is 0. The number of aryl methyl sites for hydroxylation is 1. The van der Waals surface area contributed by atoms with Crippen molar-refractivity contribution in [2.75, 3.05) is 13.1 Å². The predicted molar refractivity (Wildman–Crippen MR) is 107 cm³/mol. The van der Waals surface area contributed by atoms with Crippen molar-refractivity contribution in [2.45, 2.75) is 32.9 Å². The average molecular weight is 397 g/mol. The molecular weight excluding hydrogens is 373 g/mol. The number of H-pyrrole nitrogens is 1. The van der Waals surface area contributed by atoms with Gasteiger partial charge >= 0.3 is 0 Å². The van der Waals surface area contributed by atoms with Crippen LogP contribution in [-0.2, 0) is 6.54 Å². The molecule has 0 saturated carbocycles. The lowest BCUT2D eigenvalue weighted by atomic mass is 10.1. The Morgan fingerprint density at radius 2 is 2.14 bits per heavy atom. The number of carbonyl (C=O) groups is 2. The van der Waals surface area contributed by atoms with Crippen LogP contribution in [0.15, 0.2) is 36.5 Å². The van der Waals surface area contributed by atoms with Crippen LogP contribution in [0.3, 0.4) is 0 Å². The first-order valence-electron chi connectivity index (χ1n) is 9.85. The van der Waals surface area contributed by atoms with E-state index >= 15 is 0 Å². The molecule has 7 nitrogen and oxygen atoms in total. The van der Waals surface area contributed by atoms with Crippen LogP contribution < -0.4 is 5.32 Å². The van der Waals surface area contributed by atoms with Crippen LogP contribution in [0.2, 0.25) is 0 Å². The van der Waals surface area contributed by atoms with Crippen molar-refractivity contribution in [2.24, 2.45) is 5.92 Å².